The maximum absolute atomic E-state index is 5.52. The summed E-state index contributed by atoms with van der Waals surface area (Å²) in [5, 5.41) is 0. The zero-order chi connectivity index (χ0) is 10.7. The molecule has 0 saturated heterocycles. The molecule has 0 fully saturated rings. The van der Waals surface area contributed by atoms with E-state index in [4.69, 9.17) is 10.3 Å². The molecule has 0 amide bonds. The number of hydrazine groups is 1. The van der Waals surface area contributed by atoms with Crippen LogP contribution in [0.3, 0.4) is 0 Å². The first-order chi connectivity index (χ1) is 7.29. The van der Waals surface area contributed by atoms with Gasteiger partial charge in [0.1, 0.15) is 0 Å². The number of halogens is 1. The Balaban J connectivity index is 2.09. The van der Waals surface area contributed by atoms with E-state index in [1.54, 1.807) is 23.9 Å². The van der Waals surface area contributed by atoms with Gasteiger partial charge in [0.05, 0.1) is 22.4 Å². The Kier molecular flexibility index (Phi) is 3.58. The second kappa shape index (κ2) is 4.94. The molecule has 1 unspecified atom stereocenters. The quantitative estimate of drug-likeness (QED) is 0.671. The van der Waals surface area contributed by atoms with Crippen LogP contribution in [0.1, 0.15) is 16.5 Å². The molecular formula is C10H11BrN2OS. The lowest BCUT2D eigenvalue weighted by Gasteiger charge is -2.12. The predicted octanol–water partition coefficient (Wildman–Crippen LogP) is 2.85. The van der Waals surface area contributed by atoms with Gasteiger partial charge in [-0.1, -0.05) is 0 Å². The van der Waals surface area contributed by atoms with Crippen molar-refractivity contribution >= 4 is 27.3 Å². The molecule has 0 aliphatic rings. The summed E-state index contributed by atoms with van der Waals surface area (Å²) >= 11 is 5.16. The van der Waals surface area contributed by atoms with E-state index in [2.05, 4.69) is 27.4 Å². The lowest BCUT2D eigenvalue weighted by Crippen LogP contribution is -2.29. The van der Waals surface area contributed by atoms with Crippen molar-refractivity contribution in [1.82, 2.24) is 5.43 Å². The van der Waals surface area contributed by atoms with E-state index < -0.39 is 0 Å². The minimum absolute atomic E-state index is 0.106. The van der Waals surface area contributed by atoms with E-state index in [0.717, 1.165) is 15.8 Å². The minimum Gasteiger partial charge on any atom is -0.472 e. The van der Waals surface area contributed by atoms with E-state index in [9.17, 15) is 0 Å². The fraction of sp³-hybridized carbons (Fsp3) is 0.200. The third-order valence-corrected chi connectivity index (χ3v) is 3.83. The highest BCUT2D eigenvalue weighted by atomic mass is 79.9. The Hall–Kier alpha value is -0.620. The first-order valence-electron chi connectivity index (χ1n) is 4.52. The molecule has 15 heavy (non-hydrogen) atoms. The Morgan fingerprint density at radius 2 is 2.33 bits per heavy atom. The Morgan fingerprint density at radius 1 is 1.47 bits per heavy atom. The summed E-state index contributed by atoms with van der Waals surface area (Å²) in [5.41, 5.74) is 3.86. The number of hydrogen-bond acceptors (Lipinski definition) is 4. The van der Waals surface area contributed by atoms with Gasteiger partial charge in [0, 0.05) is 16.9 Å². The van der Waals surface area contributed by atoms with Gasteiger partial charge in [0.25, 0.3) is 0 Å². The lowest BCUT2D eigenvalue weighted by molar-refractivity contribution is 0.527. The zero-order valence-electron chi connectivity index (χ0n) is 7.94. The Morgan fingerprint density at radius 3 is 2.87 bits per heavy atom. The molecule has 2 aromatic rings. The summed E-state index contributed by atoms with van der Waals surface area (Å²) in [7, 11) is 0. The van der Waals surface area contributed by atoms with Gasteiger partial charge in [0.2, 0.25) is 0 Å². The third-order valence-electron chi connectivity index (χ3n) is 2.18. The van der Waals surface area contributed by atoms with Crippen molar-refractivity contribution in [2.75, 3.05) is 0 Å². The number of rotatable bonds is 4. The van der Waals surface area contributed by atoms with Crippen LogP contribution in [0.15, 0.2) is 38.9 Å². The number of hydrogen-bond donors (Lipinski definition) is 2. The smallest absolute Gasteiger partial charge is 0.0951 e. The van der Waals surface area contributed by atoms with E-state index in [1.807, 2.05) is 12.1 Å². The van der Waals surface area contributed by atoms with Crippen LogP contribution in [-0.2, 0) is 6.42 Å². The molecule has 0 aliphatic heterocycles. The number of nitrogens with one attached hydrogen (secondary N) is 1. The molecule has 0 radical (unpaired) electrons. The SMILES string of the molecule is NNC(Cc1ccc(Br)s1)c1ccoc1. The summed E-state index contributed by atoms with van der Waals surface area (Å²) in [4.78, 5) is 1.28. The van der Waals surface area contributed by atoms with Crippen molar-refractivity contribution in [1.29, 1.82) is 0 Å². The van der Waals surface area contributed by atoms with Gasteiger partial charge in [-0.05, 0) is 34.1 Å². The summed E-state index contributed by atoms with van der Waals surface area (Å²) in [6.45, 7) is 0. The first kappa shape index (κ1) is 10.9. The summed E-state index contributed by atoms with van der Waals surface area (Å²) < 4.78 is 6.18. The fourth-order valence-corrected chi connectivity index (χ4v) is 2.94. The molecule has 2 aromatic heterocycles. The van der Waals surface area contributed by atoms with Crippen LogP contribution in [0.25, 0.3) is 0 Å². The predicted molar refractivity (Wildman–Crippen MR) is 64.5 cm³/mol. The zero-order valence-corrected chi connectivity index (χ0v) is 10.3. The monoisotopic (exact) mass is 286 g/mol. The van der Waals surface area contributed by atoms with E-state index in [1.165, 1.54) is 4.88 Å². The van der Waals surface area contributed by atoms with Gasteiger partial charge >= 0.3 is 0 Å². The van der Waals surface area contributed by atoms with Gasteiger partial charge in [-0.15, -0.1) is 11.3 Å². The molecule has 0 spiro atoms. The van der Waals surface area contributed by atoms with Crippen LogP contribution in [0, 0.1) is 0 Å². The molecule has 0 saturated carbocycles. The molecule has 5 heteroatoms. The van der Waals surface area contributed by atoms with Crippen LogP contribution < -0.4 is 11.3 Å². The van der Waals surface area contributed by atoms with Crippen molar-refractivity contribution in [2.24, 2.45) is 5.84 Å². The minimum atomic E-state index is 0.106. The average molecular weight is 287 g/mol. The lowest BCUT2D eigenvalue weighted by atomic mass is 10.1. The second-order valence-corrected chi connectivity index (χ2v) is 5.73. The van der Waals surface area contributed by atoms with Crippen LogP contribution in [0.5, 0.6) is 0 Å². The highest BCUT2D eigenvalue weighted by Crippen LogP contribution is 2.26. The number of nitrogens with two attached hydrogens (primary N) is 1. The van der Waals surface area contributed by atoms with Crippen LogP contribution in [0.2, 0.25) is 0 Å². The topological polar surface area (TPSA) is 51.2 Å². The number of furan rings is 1. The van der Waals surface area contributed by atoms with Gasteiger partial charge < -0.3 is 4.42 Å². The summed E-state index contributed by atoms with van der Waals surface area (Å²) in [6, 6.07) is 6.17. The Labute approximate surface area is 100 Å². The molecule has 80 valence electrons. The molecule has 3 N–H and O–H groups in total. The van der Waals surface area contributed by atoms with Crippen molar-refractivity contribution in [3.63, 3.8) is 0 Å². The number of thiophene rings is 1. The molecule has 0 aromatic carbocycles. The van der Waals surface area contributed by atoms with Gasteiger partial charge in [-0.3, -0.25) is 11.3 Å². The summed E-state index contributed by atoms with van der Waals surface area (Å²) in [6.07, 6.45) is 4.24. The molecule has 0 bridgehead atoms. The molecule has 3 nitrogen and oxygen atoms in total. The highest BCUT2D eigenvalue weighted by Gasteiger charge is 2.12. The molecule has 0 aliphatic carbocycles. The fourth-order valence-electron chi connectivity index (χ4n) is 1.41. The average Bonchev–Trinajstić information content (AvgIpc) is 2.85. The molecule has 1 atom stereocenters. The van der Waals surface area contributed by atoms with Gasteiger partial charge in [0.15, 0.2) is 0 Å². The van der Waals surface area contributed by atoms with Crippen LogP contribution in [-0.4, -0.2) is 0 Å². The highest BCUT2D eigenvalue weighted by molar-refractivity contribution is 9.11. The van der Waals surface area contributed by atoms with Crippen LogP contribution in [0.4, 0.5) is 0 Å². The van der Waals surface area contributed by atoms with E-state index in [-0.39, 0.29) is 6.04 Å². The van der Waals surface area contributed by atoms with Crippen molar-refractivity contribution < 1.29 is 4.42 Å². The van der Waals surface area contributed by atoms with Crippen molar-refractivity contribution in [3.8, 4) is 0 Å². The second-order valence-electron chi connectivity index (χ2n) is 3.19. The largest absolute Gasteiger partial charge is 0.472 e. The van der Waals surface area contributed by atoms with Crippen molar-refractivity contribution in [3.05, 3.63) is 45.0 Å². The van der Waals surface area contributed by atoms with E-state index >= 15 is 0 Å². The van der Waals surface area contributed by atoms with Gasteiger partial charge in [-0.2, -0.15) is 0 Å². The summed E-state index contributed by atoms with van der Waals surface area (Å²) in [5.74, 6) is 5.52. The first-order valence-corrected chi connectivity index (χ1v) is 6.13. The third kappa shape index (κ3) is 2.69. The maximum Gasteiger partial charge on any atom is 0.0951 e. The normalized spacial score (nSPS) is 12.9. The standard InChI is InChI=1S/C10H11BrN2OS/c11-10-2-1-8(15-10)5-9(13-12)7-3-4-14-6-7/h1-4,6,9,13H,5,12H2. The van der Waals surface area contributed by atoms with E-state index in [0.29, 0.717) is 0 Å². The maximum atomic E-state index is 5.52. The molecule has 2 heterocycles. The molecule has 2 rings (SSSR count). The van der Waals surface area contributed by atoms with Gasteiger partial charge in [-0.25, -0.2) is 0 Å². The van der Waals surface area contributed by atoms with Crippen molar-refractivity contribution in [2.45, 2.75) is 12.5 Å². The van der Waals surface area contributed by atoms with Crippen LogP contribution >= 0.6 is 27.3 Å². The molecular weight excluding hydrogens is 276 g/mol. The Bertz CT molecular complexity index is 413.